The van der Waals surface area contributed by atoms with Gasteiger partial charge < -0.3 is 10.1 Å². The minimum Gasteiger partial charge on any atom is -0.379 e. The quantitative estimate of drug-likeness (QED) is 0.825. The standard InChI is InChI=1S/C14H25N5O2/c1-4-14(3,18-5-7-21-8-6-18)9-16-13(20)12(2)19-11-15-10-17-19/h10-12H,4-9H2,1-3H3,(H,16,20)/t12-,14+/m1/s1. The van der Waals surface area contributed by atoms with Gasteiger partial charge in [-0.15, -0.1) is 0 Å². The van der Waals surface area contributed by atoms with Crippen molar-refractivity contribution in [3.05, 3.63) is 12.7 Å². The van der Waals surface area contributed by atoms with E-state index in [-0.39, 0.29) is 17.5 Å². The van der Waals surface area contributed by atoms with Crippen molar-refractivity contribution in [2.75, 3.05) is 32.8 Å². The summed E-state index contributed by atoms with van der Waals surface area (Å²) in [5.41, 5.74) is -0.0402. The maximum atomic E-state index is 12.2. The second-order valence-corrected chi connectivity index (χ2v) is 5.72. The van der Waals surface area contributed by atoms with Gasteiger partial charge in [0.1, 0.15) is 18.7 Å². The van der Waals surface area contributed by atoms with Crippen molar-refractivity contribution in [2.45, 2.75) is 38.8 Å². The Morgan fingerprint density at radius 3 is 2.76 bits per heavy atom. The van der Waals surface area contributed by atoms with Crippen LogP contribution in [0.1, 0.15) is 33.2 Å². The monoisotopic (exact) mass is 295 g/mol. The van der Waals surface area contributed by atoms with Gasteiger partial charge in [0.2, 0.25) is 5.91 Å². The molecule has 1 amide bonds. The van der Waals surface area contributed by atoms with Crippen molar-refractivity contribution in [2.24, 2.45) is 0 Å². The number of rotatable bonds is 6. The maximum Gasteiger partial charge on any atom is 0.244 e. The van der Waals surface area contributed by atoms with E-state index in [2.05, 4.69) is 34.1 Å². The topological polar surface area (TPSA) is 72.3 Å². The van der Waals surface area contributed by atoms with Crippen molar-refractivity contribution in [3.8, 4) is 0 Å². The molecule has 1 aliphatic rings. The fourth-order valence-electron chi connectivity index (χ4n) is 2.53. The minimum atomic E-state index is -0.349. The predicted molar refractivity (Wildman–Crippen MR) is 78.8 cm³/mol. The SMILES string of the molecule is CC[C@@](C)(CNC(=O)[C@@H](C)n1cncn1)N1CCOCC1. The molecule has 0 aliphatic carbocycles. The highest BCUT2D eigenvalue weighted by Crippen LogP contribution is 2.20. The molecule has 1 N–H and O–H groups in total. The first-order valence-electron chi connectivity index (χ1n) is 7.51. The first-order valence-corrected chi connectivity index (χ1v) is 7.51. The lowest BCUT2D eigenvalue weighted by atomic mass is 9.95. The normalized spacial score (nSPS) is 20.7. The number of ether oxygens (including phenoxy) is 1. The summed E-state index contributed by atoms with van der Waals surface area (Å²) < 4.78 is 6.97. The summed E-state index contributed by atoms with van der Waals surface area (Å²) in [6, 6.07) is -0.349. The fourth-order valence-corrected chi connectivity index (χ4v) is 2.53. The van der Waals surface area contributed by atoms with E-state index in [1.807, 2.05) is 6.92 Å². The fraction of sp³-hybridized carbons (Fsp3) is 0.786. The summed E-state index contributed by atoms with van der Waals surface area (Å²) in [6.07, 6.45) is 3.98. The van der Waals surface area contributed by atoms with Crippen LogP contribution in [0.4, 0.5) is 0 Å². The van der Waals surface area contributed by atoms with Crippen LogP contribution in [0.3, 0.4) is 0 Å². The van der Waals surface area contributed by atoms with Crippen molar-refractivity contribution in [1.29, 1.82) is 0 Å². The van der Waals surface area contributed by atoms with Gasteiger partial charge in [-0.3, -0.25) is 9.69 Å². The average Bonchev–Trinajstić information content (AvgIpc) is 3.06. The van der Waals surface area contributed by atoms with E-state index in [0.717, 1.165) is 32.7 Å². The van der Waals surface area contributed by atoms with E-state index in [0.29, 0.717) is 6.54 Å². The molecule has 1 aromatic heterocycles. The Labute approximate surface area is 125 Å². The van der Waals surface area contributed by atoms with Crippen LogP contribution in [0.2, 0.25) is 0 Å². The van der Waals surface area contributed by atoms with Gasteiger partial charge in [0, 0.05) is 25.2 Å². The van der Waals surface area contributed by atoms with E-state index < -0.39 is 0 Å². The van der Waals surface area contributed by atoms with Crippen LogP contribution in [-0.4, -0.2) is 64.0 Å². The van der Waals surface area contributed by atoms with Gasteiger partial charge in [0.15, 0.2) is 0 Å². The lowest BCUT2D eigenvalue weighted by Gasteiger charge is -2.43. The summed E-state index contributed by atoms with van der Waals surface area (Å²) in [5.74, 6) is -0.0339. The van der Waals surface area contributed by atoms with Crippen LogP contribution >= 0.6 is 0 Å². The Bertz CT molecular complexity index is 444. The highest BCUT2D eigenvalue weighted by molar-refractivity contribution is 5.79. The molecule has 0 radical (unpaired) electrons. The molecule has 2 heterocycles. The molecule has 1 aromatic rings. The van der Waals surface area contributed by atoms with E-state index in [9.17, 15) is 4.79 Å². The van der Waals surface area contributed by atoms with Gasteiger partial charge in [0.25, 0.3) is 0 Å². The molecule has 0 aromatic carbocycles. The molecular weight excluding hydrogens is 270 g/mol. The second-order valence-electron chi connectivity index (χ2n) is 5.72. The van der Waals surface area contributed by atoms with Gasteiger partial charge in [0.05, 0.1) is 13.2 Å². The molecule has 7 nitrogen and oxygen atoms in total. The summed E-state index contributed by atoms with van der Waals surface area (Å²) in [7, 11) is 0. The Hall–Kier alpha value is -1.47. The van der Waals surface area contributed by atoms with Crippen LogP contribution in [0.15, 0.2) is 12.7 Å². The number of amides is 1. The molecule has 0 saturated carbocycles. The van der Waals surface area contributed by atoms with Gasteiger partial charge in [-0.2, -0.15) is 5.10 Å². The Morgan fingerprint density at radius 1 is 1.48 bits per heavy atom. The smallest absolute Gasteiger partial charge is 0.244 e. The Morgan fingerprint density at radius 2 is 2.19 bits per heavy atom. The maximum absolute atomic E-state index is 12.2. The molecule has 7 heteroatoms. The highest BCUT2D eigenvalue weighted by atomic mass is 16.5. The summed E-state index contributed by atoms with van der Waals surface area (Å²) in [6.45, 7) is 10.2. The van der Waals surface area contributed by atoms with Crippen LogP contribution in [-0.2, 0) is 9.53 Å². The van der Waals surface area contributed by atoms with E-state index in [4.69, 9.17) is 4.74 Å². The van der Waals surface area contributed by atoms with Crippen LogP contribution in [0.5, 0.6) is 0 Å². The molecule has 2 atom stereocenters. The van der Waals surface area contributed by atoms with Gasteiger partial charge >= 0.3 is 0 Å². The molecule has 0 unspecified atom stereocenters. The number of nitrogens with one attached hydrogen (secondary N) is 1. The van der Waals surface area contributed by atoms with Crippen molar-refractivity contribution in [1.82, 2.24) is 25.0 Å². The molecule has 0 spiro atoms. The summed E-state index contributed by atoms with van der Waals surface area (Å²) >= 11 is 0. The lowest BCUT2D eigenvalue weighted by Crippen LogP contribution is -2.57. The second kappa shape index (κ2) is 7.00. The van der Waals surface area contributed by atoms with Crippen molar-refractivity contribution >= 4 is 5.91 Å². The summed E-state index contributed by atoms with van der Waals surface area (Å²) in [5, 5.41) is 7.06. The number of nitrogens with zero attached hydrogens (tertiary/aromatic N) is 4. The molecule has 1 aliphatic heterocycles. The third kappa shape index (κ3) is 3.79. The zero-order chi connectivity index (χ0) is 15.3. The summed E-state index contributed by atoms with van der Waals surface area (Å²) in [4.78, 5) is 18.5. The zero-order valence-corrected chi connectivity index (χ0v) is 13.1. The van der Waals surface area contributed by atoms with Crippen LogP contribution in [0, 0.1) is 0 Å². The molecule has 2 rings (SSSR count). The van der Waals surface area contributed by atoms with Crippen LogP contribution in [0.25, 0.3) is 0 Å². The average molecular weight is 295 g/mol. The Balaban J connectivity index is 1.91. The number of carbonyl (C=O) groups excluding carboxylic acids is 1. The predicted octanol–water partition coefficient (Wildman–Crippen LogP) is 0.456. The molecule has 1 fully saturated rings. The Kier molecular flexibility index (Phi) is 5.30. The third-order valence-electron chi connectivity index (χ3n) is 4.39. The van der Waals surface area contributed by atoms with Crippen LogP contribution < -0.4 is 5.32 Å². The lowest BCUT2D eigenvalue weighted by molar-refractivity contribution is -0.125. The molecule has 1 saturated heterocycles. The molecule has 118 valence electrons. The minimum absolute atomic E-state index is 0.0339. The van der Waals surface area contributed by atoms with Crippen molar-refractivity contribution in [3.63, 3.8) is 0 Å². The zero-order valence-electron chi connectivity index (χ0n) is 13.1. The first kappa shape index (κ1) is 15.9. The van der Waals surface area contributed by atoms with Gasteiger partial charge in [-0.1, -0.05) is 6.92 Å². The molecule has 21 heavy (non-hydrogen) atoms. The largest absolute Gasteiger partial charge is 0.379 e. The molecule has 0 bridgehead atoms. The van der Waals surface area contributed by atoms with Gasteiger partial charge in [-0.05, 0) is 20.3 Å². The van der Waals surface area contributed by atoms with Gasteiger partial charge in [-0.25, -0.2) is 9.67 Å². The van der Waals surface area contributed by atoms with E-state index >= 15 is 0 Å². The van der Waals surface area contributed by atoms with E-state index in [1.165, 1.54) is 6.33 Å². The molecular formula is C14H25N5O2. The first-order chi connectivity index (χ1) is 10.1. The number of aromatic nitrogens is 3. The highest BCUT2D eigenvalue weighted by Gasteiger charge is 2.32. The number of carbonyl (C=O) groups is 1. The van der Waals surface area contributed by atoms with E-state index in [1.54, 1.807) is 11.0 Å². The number of hydrogen-bond donors (Lipinski definition) is 1. The third-order valence-corrected chi connectivity index (χ3v) is 4.39. The van der Waals surface area contributed by atoms with Crippen molar-refractivity contribution < 1.29 is 9.53 Å². The number of hydrogen-bond acceptors (Lipinski definition) is 5. The number of morpholine rings is 1.